The van der Waals surface area contributed by atoms with Crippen molar-refractivity contribution >= 4 is 27.6 Å². The van der Waals surface area contributed by atoms with Gasteiger partial charge in [0.05, 0.1) is 17.2 Å². The normalized spacial score (nSPS) is 17.3. The molecule has 0 atom stereocenters. The standard InChI is InChI=1S/C13H13BrF3NO2/c14-10-2-1-9(13(15,16)17)7-11(10)18-5-3-8(4-6-18)12(19)20/h1-2,7-8H,3-6H2,(H,19,20). The summed E-state index contributed by atoms with van der Waals surface area (Å²) < 4.78 is 38.8. The molecule has 7 heteroatoms. The minimum absolute atomic E-state index is 0.407. The van der Waals surface area contributed by atoms with Crippen molar-refractivity contribution in [2.75, 3.05) is 18.0 Å². The molecular weight excluding hydrogens is 339 g/mol. The van der Waals surface area contributed by atoms with Gasteiger partial charge in [-0.2, -0.15) is 13.2 Å². The topological polar surface area (TPSA) is 40.5 Å². The largest absolute Gasteiger partial charge is 0.481 e. The van der Waals surface area contributed by atoms with Gasteiger partial charge in [0, 0.05) is 17.6 Å². The predicted octanol–water partition coefficient (Wildman–Crippen LogP) is 3.77. The summed E-state index contributed by atoms with van der Waals surface area (Å²) in [5.74, 6) is -1.25. The lowest BCUT2D eigenvalue weighted by molar-refractivity contribution is -0.142. The molecule has 0 aromatic heterocycles. The van der Waals surface area contributed by atoms with Crippen LogP contribution in [0.15, 0.2) is 22.7 Å². The maximum atomic E-state index is 12.7. The molecule has 2 rings (SSSR count). The van der Waals surface area contributed by atoms with E-state index < -0.39 is 23.6 Å². The number of hydrogen-bond donors (Lipinski definition) is 1. The van der Waals surface area contributed by atoms with Crippen LogP contribution in [0.4, 0.5) is 18.9 Å². The van der Waals surface area contributed by atoms with Crippen LogP contribution in [-0.2, 0) is 11.0 Å². The Morgan fingerprint density at radius 3 is 2.40 bits per heavy atom. The number of benzene rings is 1. The van der Waals surface area contributed by atoms with E-state index in [-0.39, 0.29) is 0 Å². The van der Waals surface area contributed by atoms with Gasteiger partial charge in [-0.15, -0.1) is 0 Å². The molecule has 1 aromatic rings. The lowest BCUT2D eigenvalue weighted by Gasteiger charge is -2.33. The van der Waals surface area contributed by atoms with Crippen molar-refractivity contribution in [2.45, 2.75) is 19.0 Å². The first-order valence-corrected chi connectivity index (χ1v) is 6.93. The maximum Gasteiger partial charge on any atom is 0.416 e. The fraction of sp³-hybridized carbons (Fsp3) is 0.462. The molecule has 20 heavy (non-hydrogen) atoms. The van der Waals surface area contributed by atoms with E-state index in [0.717, 1.165) is 12.1 Å². The second-order valence-electron chi connectivity index (χ2n) is 4.76. The van der Waals surface area contributed by atoms with Gasteiger partial charge in [-0.3, -0.25) is 4.79 Å². The molecule has 1 heterocycles. The molecule has 1 aliphatic rings. The lowest BCUT2D eigenvalue weighted by atomic mass is 9.96. The average molecular weight is 352 g/mol. The Morgan fingerprint density at radius 1 is 1.30 bits per heavy atom. The highest BCUT2D eigenvalue weighted by Crippen LogP contribution is 2.36. The third kappa shape index (κ3) is 3.26. The summed E-state index contributed by atoms with van der Waals surface area (Å²) in [5.41, 5.74) is -0.236. The molecule has 1 aliphatic heterocycles. The first-order chi connectivity index (χ1) is 9.29. The molecule has 0 radical (unpaired) electrons. The van der Waals surface area contributed by atoms with E-state index in [0.29, 0.717) is 36.1 Å². The highest BCUT2D eigenvalue weighted by atomic mass is 79.9. The second-order valence-corrected chi connectivity index (χ2v) is 5.62. The van der Waals surface area contributed by atoms with Crippen LogP contribution in [0.5, 0.6) is 0 Å². The number of alkyl halides is 3. The zero-order valence-electron chi connectivity index (χ0n) is 10.5. The molecule has 0 unspecified atom stereocenters. The minimum Gasteiger partial charge on any atom is -0.481 e. The van der Waals surface area contributed by atoms with E-state index in [1.165, 1.54) is 6.07 Å². The first-order valence-electron chi connectivity index (χ1n) is 6.13. The van der Waals surface area contributed by atoms with Crippen LogP contribution < -0.4 is 4.90 Å². The first kappa shape index (κ1) is 15.2. The summed E-state index contributed by atoms with van der Waals surface area (Å²) in [6, 6.07) is 3.50. The zero-order chi connectivity index (χ0) is 14.9. The van der Waals surface area contributed by atoms with E-state index in [9.17, 15) is 18.0 Å². The van der Waals surface area contributed by atoms with Gasteiger partial charge in [0.15, 0.2) is 0 Å². The minimum atomic E-state index is -4.38. The number of piperidine rings is 1. The smallest absolute Gasteiger partial charge is 0.416 e. The molecule has 0 spiro atoms. The van der Waals surface area contributed by atoms with E-state index in [1.54, 1.807) is 4.90 Å². The number of anilines is 1. The van der Waals surface area contributed by atoms with Crippen molar-refractivity contribution in [2.24, 2.45) is 5.92 Å². The molecule has 0 aliphatic carbocycles. The third-order valence-electron chi connectivity index (χ3n) is 3.46. The monoisotopic (exact) mass is 351 g/mol. The van der Waals surface area contributed by atoms with Crippen molar-refractivity contribution in [1.29, 1.82) is 0 Å². The molecule has 110 valence electrons. The van der Waals surface area contributed by atoms with Gasteiger partial charge in [0.2, 0.25) is 0 Å². The van der Waals surface area contributed by atoms with Crippen molar-refractivity contribution in [3.05, 3.63) is 28.2 Å². The number of hydrogen-bond acceptors (Lipinski definition) is 2. The van der Waals surface area contributed by atoms with Gasteiger partial charge >= 0.3 is 12.1 Å². The van der Waals surface area contributed by atoms with Crippen molar-refractivity contribution < 1.29 is 23.1 Å². The van der Waals surface area contributed by atoms with Gasteiger partial charge in [-0.25, -0.2) is 0 Å². The lowest BCUT2D eigenvalue weighted by Crippen LogP contribution is -2.36. The van der Waals surface area contributed by atoms with Gasteiger partial charge in [-0.05, 0) is 47.0 Å². The fourth-order valence-corrected chi connectivity index (χ4v) is 2.80. The van der Waals surface area contributed by atoms with Crippen molar-refractivity contribution in [3.63, 3.8) is 0 Å². The van der Waals surface area contributed by atoms with Crippen LogP contribution in [0.1, 0.15) is 18.4 Å². The van der Waals surface area contributed by atoms with Crippen LogP contribution in [0.25, 0.3) is 0 Å². The number of halogens is 4. The Balaban J connectivity index is 2.19. The summed E-state index contributed by atoms with van der Waals surface area (Å²) >= 11 is 3.25. The Bertz CT molecular complexity index is 511. The Labute approximate surface area is 122 Å². The molecule has 1 aromatic carbocycles. The highest BCUT2D eigenvalue weighted by molar-refractivity contribution is 9.10. The van der Waals surface area contributed by atoms with Crippen LogP contribution in [0.3, 0.4) is 0 Å². The summed E-state index contributed by atoms with van der Waals surface area (Å²) in [4.78, 5) is 12.7. The van der Waals surface area contributed by atoms with E-state index in [1.807, 2.05) is 0 Å². The van der Waals surface area contributed by atoms with Crippen LogP contribution in [0.2, 0.25) is 0 Å². The number of nitrogens with zero attached hydrogens (tertiary/aromatic N) is 1. The number of rotatable bonds is 2. The van der Waals surface area contributed by atoms with E-state index in [4.69, 9.17) is 5.11 Å². The van der Waals surface area contributed by atoms with Crippen LogP contribution in [0, 0.1) is 5.92 Å². The number of carbonyl (C=O) groups is 1. The molecule has 3 nitrogen and oxygen atoms in total. The van der Waals surface area contributed by atoms with Gasteiger partial charge in [0.25, 0.3) is 0 Å². The average Bonchev–Trinajstić information content (AvgIpc) is 2.38. The Kier molecular flexibility index (Phi) is 4.27. The number of carboxylic acids is 1. The molecule has 0 bridgehead atoms. The number of carboxylic acid groups (broad SMARTS) is 1. The maximum absolute atomic E-state index is 12.7. The predicted molar refractivity (Wildman–Crippen MR) is 71.7 cm³/mol. The summed E-state index contributed by atoms with van der Waals surface area (Å²) in [6.45, 7) is 0.883. The van der Waals surface area contributed by atoms with Crippen molar-refractivity contribution in [1.82, 2.24) is 0 Å². The van der Waals surface area contributed by atoms with E-state index >= 15 is 0 Å². The fourth-order valence-electron chi connectivity index (χ4n) is 2.30. The second kappa shape index (κ2) is 5.63. The Hall–Kier alpha value is -1.24. The summed E-state index contributed by atoms with van der Waals surface area (Å²) in [7, 11) is 0. The molecule has 1 fully saturated rings. The number of aliphatic carboxylic acids is 1. The highest BCUT2D eigenvalue weighted by Gasteiger charge is 2.32. The quantitative estimate of drug-likeness (QED) is 0.881. The molecular formula is C13H13BrF3NO2. The van der Waals surface area contributed by atoms with Gasteiger partial charge < -0.3 is 10.0 Å². The molecule has 0 amide bonds. The summed E-state index contributed by atoms with van der Waals surface area (Å²) in [5, 5.41) is 8.92. The third-order valence-corrected chi connectivity index (χ3v) is 4.13. The van der Waals surface area contributed by atoms with Crippen LogP contribution >= 0.6 is 15.9 Å². The molecule has 0 saturated carbocycles. The van der Waals surface area contributed by atoms with Gasteiger partial charge in [-0.1, -0.05) is 0 Å². The van der Waals surface area contributed by atoms with Crippen molar-refractivity contribution in [3.8, 4) is 0 Å². The Morgan fingerprint density at radius 2 is 1.90 bits per heavy atom. The van der Waals surface area contributed by atoms with E-state index in [2.05, 4.69) is 15.9 Å². The summed E-state index contributed by atoms with van der Waals surface area (Å²) in [6.07, 6.45) is -3.50. The van der Waals surface area contributed by atoms with Crippen LogP contribution in [-0.4, -0.2) is 24.2 Å². The SMILES string of the molecule is O=C(O)C1CCN(c2cc(C(F)(F)F)ccc2Br)CC1. The van der Waals surface area contributed by atoms with Gasteiger partial charge in [0.1, 0.15) is 0 Å². The molecule has 1 N–H and O–H groups in total. The molecule has 1 saturated heterocycles. The zero-order valence-corrected chi connectivity index (χ0v) is 12.0.